The third kappa shape index (κ3) is 5.75. The van der Waals surface area contributed by atoms with E-state index in [9.17, 15) is 9.59 Å². The van der Waals surface area contributed by atoms with E-state index in [4.69, 9.17) is 4.74 Å². The number of hydrogen-bond donors (Lipinski definition) is 2. The SMILES string of the molecule is COc1ccc(CCNC(=O)CCNC(=O)c2ccsc2)cc1. The van der Waals surface area contributed by atoms with Crippen molar-refractivity contribution < 1.29 is 14.3 Å². The fraction of sp³-hybridized carbons (Fsp3) is 0.294. The summed E-state index contributed by atoms with van der Waals surface area (Å²) in [4.78, 5) is 23.4. The van der Waals surface area contributed by atoms with Crippen molar-refractivity contribution in [3.63, 3.8) is 0 Å². The quantitative estimate of drug-likeness (QED) is 0.779. The van der Waals surface area contributed by atoms with Crippen molar-refractivity contribution in [1.29, 1.82) is 0 Å². The van der Waals surface area contributed by atoms with E-state index in [0.717, 1.165) is 17.7 Å². The van der Waals surface area contributed by atoms with Crippen molar-refractivity contribution >= 4 is 23.2 Å². The third-order valence-corrected chi connectivity index (χ3v) is 4.00. The van der Waals surface area contributed by atoms with E-state index in [1.165, 1.54) is 11.3 Å². The van der Waals surface area contributed by atoms with Crippen LogP contribution in [0.1, 0.15) is 22.3 Å². The molecule has 2 N–H and O–H groups in total. The van der Waals surface area contributed by atoms with E-state index in [0.29, 0.717) is 18.7 Å². The topological polar surface area (TPSA) is 67.4 Å². The minimum absolute atomic E-state index is 0.0656. The molecule has 0 saturated carbocycles. The third-order valence-electron chi connectivity index (χ3n) is 3.32. The minimum atomic E-state index is -0.141. The molecule has 0 unspecified atom stereocenters. The Morgan fingerprint density at radius 3 is 2.52 bits per heavy atom. The molecule has 0 bridgehead atoms. The van der Waals surface area contributed by atoms with Crippen LogP contribution in [0.25, 0.3) is 0 Å². The summed E-state index contributed by atoms with van der Waals surface area (Å²) in [7, 11) is 1.63. The molecular formula is C17H20N2O3S. The molecule has 1 aromatic heterocycles. The van der Waals surface area contributed by atoms with Crippen LogP contribution in [-0.4, -0.2) is 32.0 Å². The first-order chi connectivity index (χ1) is 11.2. The van der Waals surface area contributed by atoms with Gasteiger partial charge in [-0.05, 0) is 35.6 Å². The van der Waals surface area contributed by atoms with Crippen LogP contribution in [-0.2, 0) is 11.2 Å². The second kappa shape index (κ2) is 8.95. The van der Waals surface area contributed by atoms with Gasteiger partial charge in [0.25, 0.3) is 5.91 Å². The van der Waals surface area contributed by atoms with Gasteiger partial charge in [0.05, 0.1) is 7.11 Å². The normalized spacial score (nSPS) is 10.1. The molecule has 5 nitrogen and oxygen atoms in total. The van der Waals surface area contributed by atoms with Crippen LogP contribution in [0.3, 0.4) is 0 Å². The summed E-state index contributed by atoms with van der Waals surface area (Å²) in [5, 5.41) is 9.21. The van der Waals surface area contributed by atoms with Crippen molar-refractivity contribution in [1.82, 2.24) is 10.6 Å². The van der Waals surface area contributed by atoms with Crippen molar-refractivity contribution in [2.45, 2.75) is 12.8 Å². The van der Waals surface area contributed by atoms with Crippen molar-refractivity contribution in [2.24, 2.45) is 0 Å². The number of carbonyl (C=O) groups is 2. The Kier molecular flexibility index (Phi) is 6.62. The average Bonchev–Trinajstić information content (AvgIpc) is 3.10. The van der Waals surface area contributed by atoms with E-state index in [2.05, 4.69) is 10.6 Å². The standard InChI is InChI=1S/C17H20N2O3S/c1-22-15-4-2-13(3-5-15)6-9-18-16(20)7-10-19-17(21)14-8-11-23-12-14/h2-5,8,11-12H,6-7,9-10H2,1H3,(H,18,20)(H,19,21). The van der Waals surface area contributed by atoms with Gasteiger partial charge in [0.1, 0.15) is 5.75 Å². The smallest absolute Gasteiger partial charge is 0.252 e. The Bertz CT molecular complexity index is 624. The van der Waals surface area contributed by atoms with Crippen LogP contribution in [0.4, 0.5) is 0 Å². The summed E-state index contributed by atoms with van der Waals surface area (Å²) < 4.78 is 5.10. The predicted molar refractivity (Wildman–Crippen MR) is 91.0 cm³/mol. The van der Waals surface area contributed by atoms with Gasteiger partial charge in [-0.1, -0.05) is 12.1 Å². The Labute approximate surface area is 139 Å². The fourth-order valence-corrected chi connectivity index (χ4v) is 2.65. The second-order valence-electron chi connectivity index (χ2n) is 4.97. The number of rotatable bonds is 8. The molecule has 0 fully saturated rings. The number of methoxy groups -OCH3 is 1. The van der Waals surface area contributed by atoms with Crippen LogP contribution in [0.5, 0.6) is 5.75 Å². The first-order valence-electron chi connectivity index (χ1n) is 7.39. The van der Waals surface area contributed by atoms with Crippen LogP contribution in [0.15, 0.2) is 41.1 Å². The fourth-order valence-electron chi connectivity index (χ4n) is 2.01. The zero-order valence-corrected chi connectivity index (χ0v) is 13.8. The maximum absolute atomic E-state index is 11.7. The molecule has 6 heteroatoms. The lowest BCUT2D eigenvalue weighted by atomic mass is 10.1. The largest absolute Gasteiger partial charge is 0.497 e. The highest BCUT2D eigenvalue weighted by Crippen LogP contribution is 2.11. The van der Waals surface area contributed by atoms with Crippen molar-refractivity contribution in [3.05, 3.63) is 52.2 Å². The van der Waals surface area contributed by atoms with Gasteiger partial charge in [-0.3, -0.25) is 9.59 Å². The summed E-state index contributed by atoms with van der Waals surface area (Å²) >= 11 is 1.47. The molecule has 122 valence electrons. The summed E-state index contributed by atoms with van der Waals surface area (Å²) in [6.07, 6.45) is 1.04. The Balaban J connectivity index is 1.60. The van der Waals surface area contributed by atoms with Crippen LogP contribution < -0.4 is 15.4 Å². The zero-order chi connectivity index (χ0) is 16.5. The predicted octanol–water partition coefficient (Wildman–Crippen LogP) is 2.24. The molecule has 1 aromatic carbocycles. The summed E-state index contributed by atoms with van der Waals surface area (Å²) in [6, 6.07) is 9.52. The summed E-state index contributed by atoms with van der Waals surface area (Å²) in [6.45, 7) is 0.909. The van der Waals surface area contributed by atoms with Crippen LogP contribution >= 0.6 is 11.3 Å². The highest BCUT2D eigenvalue weighted by molar-refractivity contribution is 7.08. The van der Waals surface area contributed by atoms with Gasteiger partial charge >= 0.3 is 0 Å². The molecule has 0 aliphatic carbocycles. The van der Waals surface area contributed by atoms with Crippen molar-refractivity contribution in [2.75, 3.05) is 20.2 Å². The van der Waals surface area contributed by atoms with Crippen molar-refractivity contribution in [3.8, 4) is 5.75 Å². The molecule has 0 aliphatic heterocycles. The van der Waals surface area contributed by atoms with E-state index >= 15 is 0 Å². The molecule has 0 spiro atoms. The number of carbonyl (C=O) groups excluding carboxylic acids is 2. The average molecular weight is 332 g/mol. The molecule has 1 heterocycles. The number of ether oxygens (including phenoxy) is 1. The number of benzene rings is 1. The maximum Gasteiger partial charge on any atom is 0.252 e. The van der Waals surface area contributed by atoms with E-state index in [-0.39, 0.29) is 18.2 Å². The molecule has 0 aliphatic rings. The van der Waals surface area contributed by atoms with Crippen LogP contribution in [0, 0.1) is 0 Å². The molecule has 0 saturated heterocycles. The second-order valence-corrected chi connectivity index (χ2v) is 5.75. The lowest BCUT2D eigenvalue weighted by Gasteiger charge is -2.07. The zero-order valence-electron chi connectivity index (χ0n) is 13.0. The lowest BCUT2D eigenvalue weighted by Crippen LogP contribution is -2.31. The van der Waals surface area contributed by atoms with Gasteiger partial charge in [0, 0.05) is 30.5 Å². The van der Waals surface area contributed by atoms with Crippen LogP contribution in [0.2, 0.25) is 0 Å². The first kappa shape index (κ1) is 17.0. The van der Waals surface area contributed by atoms with E-state index in [1.807, 2.05) is 29.6 Å². The number of amides is 2. The van der Waals surface area contributed by atoms with Gasteiger partial charge in [-0.25, -0.2) is 0 Å². The maximum atomic E-state index is 11.7. The van der Waals surface area contributed by atoms with Gasteiger partial charge in [0.2, 0.25) is 5.91 Å². The number of hydrogen-bond acceptors (Lipinski definition) is 4. The van der Waals surface area contributed by atoms with Gasteiger partial charge in [-0.15, -0.1) is 0 Å². The Morgan fingerprint density at radius 2 is 1.87 bits per heavy atom. The number of nitrogens with one attached hydrogen (secondary N) is 2. The summed E-state index contributed by atoms with van der Waals surface area (Å²) in [5.74, 6) is 0.612. The highest BCUT2D eigenvalue weighted by Gasteiger charge is 2.06. The highest BCUT2D eigenvalue weighted by atomic mass is 32.1. The van der Waals surface area contributed by atoms with Gasteiger partial charge < -0.3 is 15.4 Å². The summed E-state index contributed by atoms with van der Waals surface area (Å²) in [5.41, 5.74) is 1.77. The molecular weight excluding hydrogens is 312 g/mol. The monoisotopic (exact) mass is 332 g/mol. The Morgan fingerprint density at radius 1 is 1.09 bits per heavy atom. The molecule has 2 rings (SSSR count). The Hall–Kier alpha value is -2.34. The van der Waals surface area contributed by atoms with Gasteiger partial charge in [-0.2, -0.15) is 11.3 Å². The first-order valence-corrected chi connectivity index (χ1v) is 8.33. The molecule has 2 aromatic rings. The molecule has 23 heavy (non-hydrogen) atoms. The molecule has 0 atom stereocenters. The number of thiophene rings is 1. The molecule has 0 radical (unpaired) electrons. The van der Waals surface area contributed by atoms with E-state index in [1.54, 1.807) is 18.6 Å². The van der Waals surface area contributed by atoms with E-state index < -0.39 is 0 Å². The lowest BCUT2D eigenvalue weighted by molar-refractivity contribution is -0.120. The minimum Gasteiger partial charge on any atom is -0.497 e. The molecule has 2 amide bonds. The van der Waals surface area contributed by atoms with Gasteiger partial charge in [0.15, 0.2) is 0 Å².